The summed E-state index contributed by atoms with van der Waals surface area (Å²) in [7, 11) is 0. The number of morpholine rings is 1. The SMILES string of the molecule is Fc1ccccc1NC(=S)Nc1ccc(N2CCOCC2)c2nonc12. The maximum atomic E-state index is 13.7. The van der Waals surface area contributed by atoms with E-state index in [1.807, 2.05) is 12.1 Å². The third-order valence-corrected chi connectivity index (χ3v) is 4.32. The van der Waals surface area contributed by atoms with E-state index in [-0.39, 0.29) is 10.9 Å². The summed E-state index contributed by atoms with van der Waals surface area (Å²) in [6.07, 6.45) is 0. The third kappa shape index (κ3) is 3.31. The van der Waals surface area contributed by atoms with Crippen LogP contribution in [0.25, 0.3) is 11.0 Å². The van der Waals surface area contributed by atoms with E-state index < -0.39 is 0 Å². The van der Waals surface area contributed by atoms with Gasteiger partial charge in [0.05, 0.1) is 30.3 Å². The van der Waals surface area contributed by atoms with Gasteiger partial charge in [0, 0.05) is 13.1 Å². The summed E-state index contributed by atoms with van der Waals surface area (Å²) in [5.41, 5.74) is 3.07. The molecule has 1 aromatic heterocycles. The summed E-state index contributed by atoms with van der Waals surface area (Å²) in [6, 6.07) is 10.1. The Labute approximate surface area is 154 Å². The first-order valence-electron chi connectivity index (χ1n) is 8.13. The predicted molar refractivity (Wildman–Crippen MR) is 101 cm³/mol. The van der Waals surface area contributed by atoms with E-state index in [1.54, 1.807) is 18.2 Å². The minimum atomic E-state index is -0.382. The number of anilines is 3. The molecule has 134 valence electrons. The van der Waals surface area contributed by atoms with Crippen molar-refractivity contribution >= 4 is 45.4 Å². The van der Waals surface area contributed by atoms with Crippen LogP contribution in [0.15, 0.2) is 41.0 Å². The molecule has 1 aliphatic heterocycles. The van der Waals surface area contributed by atoms with Crippen LogP contribution >= 0.6 is 12.2 Å². The zero-order valence-electron chi connectivity index (χ0n) is 13.7. The molecule has 0 unspecified atom stereocenters. The normalized spacial score (nSPS) is 14.4. The third-order valence-electron chi connectivity index (χ3n) is 4.12. The second-order valence-electron chi connectivity index (χ2n) is 5.75. The molecular formula is C17H16FN5O2S. The van der Waals surface area contributed by atoms with Crippen LogP contribution in [0, 0.1) is 5.82 Å². The lowest BCUT2D eigenvalue weighted by Gasteiger charge is -2.28. The Morgan fingerprint density at radius 2 is 1.73 bits per heavy atom. The number of halogens is 1. The second kappa shape index (κ2) is 7.22. The number of hydrogen-bond acceptors (Lipinski definition) is 6. The number of rotatable bonds is 3. The van der Waals surface area contributed by atoms with Gasteiger partial charge in [-0.3, -0.25) is 0 Å². The Hall–Kier alpha value is -2.78. The fourth-order valence-corrected chi connectivity index (χ4v) is 3.07. The van der Waals surface area contributed by atoms with Gasteiger partial charge < -0.3 is 20.3 Å². The first-order valence-corrected chi connectivity index (χ1v) is 8.54. The molecule has 7 nitrogen and oxygen atoms in total. The predicted octanol–water partition coefficient (Wildman–Crippen LogP) is 3.01. The first-order chi connectivity index (χ1) is 12.7. The van der Waals surface area contributed by atoms with Crippen molar-refractivity contribution in [2.75, 3.05) is 41.8 Å². The number of nitrogens with one attached hydrogen (secondary N) is 2. The van der Waals surface area contributed by atoms with Crippen molar-refractivity contribution in [3.8, 4) is 0 Å². The van der Waals surface area contributed by atoms with Crippen molar-refractivity contribution in [2.24, 2.45) is 0 Å². The molecule has 0 aliphatic carbocycles. The molecule has 0 amide bonds. The van der Waals surface area contributed by atoms with Crippen LogP contribution in [-0.2, 0) is 4.74 Å². The minimum Gasteiger partial charge on any atom is -0.378 e. The Bertz CT molecular complexity index is 942. The number of hydrogen-bond donors (Lipinski definition) is 2. The van der Waals surface area contributed by atoms with E-state index in [0.717, 1.165) is 18.8 Å². The number of fused-ring (bicyclic) bond motifs is 1. The molecule has 1 saturated heterocycles. The van der Waals surface area contributed by atoms with Gasteiger partial charge in [0.1, 0.15) is 5.82 Å². The molecule has 2 N–H and O–H groups in total. The van der Waals surface area contributed by atoms with Gasteiger partial charge in [-0.2, -0.15) is 0 Å². The molecule has 0 saturated carbocycles. The summed E-state index contributed by atoms with van der Waals surface area (Å²) < 4.78 is 24.1. The van der Waals surface area contributed by atoms with Gasteiger partial charge in [0.15, 0.2) is 16.1 Å². The zero-order valence-corrected chi connectivity index (χ0v) is 14.6. The molecule has 1 fully saturated rings. The quantitative estimate of drug-likeness (QED) is 0.679. The molecule has 0 atom stereocenters. The van der Waals surface area contributed by atoms with Gasteiger partial charge in [-0.25, -0.2) is 9.02 Å². The number of ether oxygens (including phenoxy) is 1. The molecule has 0 radical (unpaired) electrons. The van der Waals surface area contributed by atoms with Crippen molar-refractivity contribution in [3.63, 3.8) is 0 Å². The van der Waals surface area contributed by atoms with E-state index in [0.29, 0.717) is 35.6 Å². The lowest BCUT2D eigenvalue weighted by Crippen LogP contribution is -2.36. The second-order valence-corrected chi connectivity index (χ2v) is 6.16. The highest BCUT2D eigenvalue weighted by Gasteiger charge is 2.19. The standard InChI is InChI=1S/C17H16FN5O2S/c18-11-3-1-2-4-12(11)19-17(26)20-13-5-6-14(16-15(13)21-25-22-16)23-7-9-24-10-8-23/h1-6H,7-10H2,(H2,19,20,26). The van der Waals surface area contributed by atoms with Crippen molar-refractivity contribution in [1.82, 2.24) is 10.3 Å². The van der Waals surface area contributed by atoms with Gasteiger partial charge in [-0.1, -0.05) is 12.1 Å². The van der Waals surface area contributed by atoms with Crippen LogP contribution in [0.2, 0.25) is 0 Å². The number of thiocarbonyl (C=S) groups is 1. The maximum Gasteiger partial charge on any atom is 0.175 e. The van der Waals surface area contributed by atoms with E-state index in [1.165, 1.54) is 6.07 Å². The van der Waals surface area contributed by atoms with Gasteiger partial charge >= 0.3 is 0 Å². The van der Waals surface area contributed by atoms with Crippen molar-refractivity contribution < 1.29 is 13.8 Å². The molecule has 2 aromatic carbocycles. The molecule has 9 heteroatoms. The van der Waals surface area contributed by atoms with Crippen LogP contribution in [0.3, 0.4) is 0 Å². The average molecular weight is 373 g/mol. The highest BCUT2D eigenvalue weighted by atomic mass is 32.1. The monoisotopic (exact) mass is 373 g/mol. The number of aromatic nitrogens is 2. The fourth-order valence-electron chi connectivity index (χ4n) is 2.85. The lowest BCUT2D eigenvalue weighted by molar-refractivity contribution is 0.123. The number of para-hydroxylation sites is 1. The Morgan fingerprint density at radius 3 is 2.54 bits per heavy atom. The smallest absolute Gasteiger partial charge is 0.175 e. The topological polar surface area (TPSA) is 75.5 Å². The van der Waals surface area contributed by atoms with Gasteiger partial charge in [0.2, 0.25) is 0 Å². The Morgan fingerprint density at radius 1 is 1.00 bits per heavy atom. The molecule has 3 aromatic rings. The molecular weight excluding hydrogens is 357 g/mol. The highest BCUT2D eigenvalue weighted by Crippen LogP contribution is 2.30. The molecule has 2 heterocycles. The van der Waals surface area contributed by atoms with Crippen LogP contribution in [0.5, 0.6) is 0 Å². The van der Waals surface area contributed by atoms with Gasteiger partial charge in [-0.15, -0.1) is 0 Å². The fraction of sp³-hybridized carbons (Fsp3) is 0.235. The minimum absolute atomic E-state index is 0.249. The molecule has 1 aliphatic rings. The molecule has 0 spiro atoms. The van der Waals surface area contributed by atoms with Crippen LogP contribution < -0.4 is 15.5 Å². The summed E-state index contributed by atoms with van der Waals surface area (Å²) >= 11 is 5.28. The average Bonchev–Trinajstić information content (AvgIpc) is 3.15. The van der Waals surface area contributed by atoms with Crippen LogP contribution in [0.4, 0.5) is 21.5 Å². The molecule has 26 heavy (non-hydrogen) atoms. The summed E-state index contributed by atoms with van der Waals surface area (Å²) in [4.78, 5) is 2.18. The highest BCUT2D eigenvalue weighted by molar-refractivity contribution is 7.80. The summed E-state index contributed by atoms with van der Waals surface area (Å²) in [5, 5.41) is 14.1. The first kappa shape index (κ1) is 16.7. The van der Waals surface area contributed by atoms with E-state index >= 15 is 0 Å². The van der Waals surface area contributed by atoms with Gasteiger partial charge in [-0.05, 0) is 46.8 Å². The van der Waals surface area contributed by atoms with E-state index in [4.69, 9.17) is 21.6 Å². The van der Waals surface area contributed by atoms with Crippen molar-refractivity contribution in [2.45, 2.75) is 0 Å². The number of benzene rings is 2. The zero-order chi connectivity index (χ0) is 17.9. The Kier molecular flexibility index (Phi) is 4.63. The maximum absolute atomic E-state index is 13.7. The van der Waals surface area contributed by atoms with Crippen LogP contribution in [-0.4, -0.2) is 41.7 Å². The van der Waals surface area contributed by atoms with E-state index in [2.05, 4.69) is 25.8 Å². The molecule has 0 bridgehead atoms. The molecule has 4 rings (SSSR count). The van der Waals surface area contributed by atoms with Crippen molar-refractivity contribution in [3.05, 3.63) is 42.2 Å². The Balaban J connectivity index is 1.56. The van der Waals surface area contributed by atoms with Gasteiger partial charge in [0.25, 0.3) is 0 Å². The summed E-state index contributed by atoms with van der Waals surface area (Å²) in [5.74, 6) is -0.382. The van der Waals surface area contributed by atoms with E-state index in [9.17, 15) is 4.39 Å². The van der Waals surface area contributed by atoms with Crippen molar-refractivity contribution in [1.29, 1.82) is 0 Å². The van der Waals surface area contributed by atoms with Crippen LogP contribution in [0.1, 0.15) is 0 Å². The largest absolute Gasteiger partial charge is 0.378 e. The lowest BCUT2D eigenvalue weighted by atomic mass is 10.2. The summed E-state index contributed by atoms with van der Waals surface area (Å²) in [6.45, 7) is 2.90. The number of nitrogens with zero attached hydrogens (tertiary/aromatic N) is 3.